The van der Waals surface area contributed by atoms with E-state index >= 15 is 0 Å². The molecule has 0 bridgehead atoms. The second-order valence-corrected chi connectivity index (χ2v) is 5.70. The summed E-state index contributed by atoms with van der Waals surface area (Å²) in [6, 6.07) is 1.56. The van der Waals surface area contributed by atoms with E-state index < -0.39 is 0 Å². The van der Waals surface area contributed by atoms with E-state index in [1.54, 1.807) is 11.0 Å². The average molecular weight is 281 g/mol. The maximum absolute atomic E-state index is 12.1. The topological polar surface area (TPSA) is 75.4 Å². The Morgan fingerprint density at radius 2 is 2.00 bits per heavy atom. The van der Waals surface area contributed by atoms with Gasteiger partial charge in [-0.3, -0.25) is 9.59 Å². The van der Waals surface area contributed by atoms with Crippen LogP contribution in [-0.2, 0) is 9.59 Å². The minimum atomic E-state index is -0.267. The van der Waals surface area contributed by atoms with Gasteiger partial charge in [0.2, 0.25) is 11.8 Å². The molecule has 0 saturated carbocycles. The quantitative estimate of drug-likeness (QED) is 0.831. The molecule has 0 saturated heterocycles. The molecule has 1 heterocycles. The van der Waals surface area contributed by atoms with Gasteiger partial charge in [-0.1, -0.05) is 32.9 Å². The van der Waals surface area contributed by atoms with E-state index in [1.807, 2.05) is 27.7 Å². The normalized spacial score (nSPS) is 10.9. The van der Waals surface area contributed by atoms with Crippen LogP contribution in [0.15, 0.2) is 16.9 Å². The summed E-state index contributed by atoms with van der Waals surface area (Å²) >= 11 is 0. The molecule has 0 spiro atoms. The monoisotopic (exact) mass is 281 g/mol. The second-order valence-electron chi connectivity index (χ2n) is 5.70. The van der Waals surface area contributed by atoms with Crippen molar-refractivity contribution < 1.29 is 14.1 Å². The maximum atomic E-state index is 12.1. The number of anilines is 1. The van der Waals surface area contributed by atoms with Crippen LogP contribution in [0.1, 0.15) is 34.1 Å². The van der Waals surface area contributed by atoms with Gasteiger partial charge in [0.25, 0.3) is 0 Å². The van der Waals surface area contributed by atoms with Crippen molar-refractivity contribution in [1.82, 2.24) is 10.1 Å². The molecule has 20 heavy (non-hydrogen) atoms. The Labute approximate surface area is 119 Å². The Kier molecular flexibility index (Phi) is 6.21. The predicted octanol–water partition coefficient (Wildman–Crippen LogP) is 2.14. The molecule has 0 atom stereocenters. The minimum absolute atomic E-state index is 0.00371. The van der Waals surface area contributed by atoms with Gasteiger partial charge >= 0.3 is 0 Å². The SMILES string of the molecule is CC(C)CC(=O)N(CC(=O)Nc1ccon1)CC(C)C. The fourth-order valence-electron chi connectivity index (χ4n) is 1.81. The van der Waals surface area contributed by atoms with Crippen LogP contribution in [0.25, 0.3) is 0 Å². The van der Waals surface area contributed by atoms with Crippen molar-refractivity contribution in [2.75, 3.05) is 18.4 Å². The van der Waals surface area contributed by atoms with Crippen molar-refractivity contribution >= 4 is 17.6 Å². The molecule has 6 heteroatoms. The fraction of sp³-hybridized carbons (Fsp3) is 0.643. The lowest BCUT2D eigenvalue weighted by molar-refractivity contribution is -0.135. The largest absolute Gasteiger partial charge is 0.363 e. The summed E-state index contributed by atoms with van der Waals surface area (Å²) in [4.78, 5) is 25.6. The van der Waals surface area contributed by atoms with E-state index in [0.29, 0.717) is 24.7 Å². The summed E-state index contributed by atoms with van der Waals surface area (Å²) in [5.41, 5.74) is 0. The summed E-state index contributed by atoms with van der Waals surface area (Å²) < 4.78 is 4.64. The molecule has 112 valence electrons. The van der Waals surface area contributed by atoms with Gasteiger partial charge in [0, 0.05) is 19.0 Å². The molecule has 1 N–H and O–H groups in total. The molecule has 0 aliphatic rings. The number of rotatable bonds is 7. The van der Waals surface area contributed by atoms with Gasteiger partial charge in [0.1, 0.15) is 6.26 Å². The van der Waals surface area contributed by atoms with Crippen LogP contribution in [-0.4, -0.2) is 35.0 Å². The lowest BCUT2D eigenvalue weighted by Gasteiger charge is -2.24. The summed E-state index contributed by atoms with van der Waals surface area (Å²) in [6.45, 7) is 8.62. The highest BCUT2D eigenvalue weighted by molar-refractivity contribution is 5.93. The first-order valence-electron chi connectivity index (χ1n) is 6.86. The summed E-state index contributed by atoms with van der Waals surface area (Å²) in [6.07, 6.45) is 1.83. The van der Waals surface area contributed by atoms with Gasteiger partial charge in [-0.25, -0.2) is 0 Å². The number of hydrogen-bond donors (Lipinski definition) is 1. The Balaban J connectivity index is 2.59. The van der Waals surface area contributed by atoms with E-state index in [0.717, 1.165) is 0 Å². The summed E-state index contributed by atoms with van der Waals surface area (Å²) in [5, 5.41) is 6.20. The summed E-state index contributed by atoms with van der Waals surface area (Å²) in [7, 11) is 0. The number of carbonyl (C=O) groups is 2. The standard InChI is InChI=1S/C14H23N3O3/c1-10(2)7-14(19)17(8-11(3)4)9-13(18)15-12-5-6-20-16-12/h5-6,10-11H,7-9H2,1-4H3,(H,15,16,18). The van der Waals surface area contributed by atoms with E-state index in [4.69, 9.17) is 0 Å². The van der Waals surface area contributed by atoms with Crippen LogP contribution < -0.4 is 5.32 Å². The number of nitrogens with zero attached hydrogens (tertiary/aromatic N) is 2. The lowest BCUT2D eigenvalue weighted by atomic mass is 10.1. The zero-order chi connectivity index (χ0) is 15.1. The van der Waals surface area contributed by atoms with Gasteiger partial charge in [-0.05, 0) is 11.8 Å². The molecule has 0 aliphatic carbocycles. The third-order valence-electron chi connectivity index (χ3n) is 2.56. The van der Waals surface area contributed by atoms with Crippen LogP contribution in [0.3, 0.4) is 0 Å². The van der Waals surface area contributed by atoms with Crippen LogP contribution in [0.2, 0.25) is 0 Å². The van der Waals surface area contributed by atoms with E-state index in [1.165, 1.54) is 6.26 Å². The van der Waals surface area contributed by atoms with Crippen molar-refractivity contribution in [3.8, 4) is 0 Å². The smallest absolute Gasteiger partial charge is 0.245 e. The number of hydrogen-bond acceptors (Lipinski definition) is 4. The molecule has 2 amide bonds. The first-order chi connectivity index (χ1) is 9.38. The van der Waals surface area contributed by atoms with Gasteiger partial charge in [0.05, 0.1) is 6.54 Å². The molecule has 1 rings (SSSR count). The zero-order valence-corrected chi connectivity index (χ0v) is 12.5. The van der Waals surface area contributed by atoms with Crippen molar-refractivity contribution in [2.45, 2.75) is 34.1 Å². The molecule has 1 aromatic rings. The van der Waals surface area contributed by atoms with Crippen LogP contribution in [0.5, 0.6) is 0 Å². The van der Waals surface area contributed by atoms with Crippen molar-refractivity contribution in [3.05, 3.63) is 12.3 Å². The molecular weight excluding hydrogens is 258 g/mol. The Hall–Kier alpha value is -1.85. The van der Waals surface area contributed by atoms with E-state index in [2.05, 4.69) is 15.0 Å². The first-order valence-corrected chi connectivity index (χ1v) is 6.86. The third kappa shape index (κ3) is 5.86. The Morgan fingerprint density at radius 1 is 1.30 bits per heavy atom. The van der Waals surface area contributed by atoms with Crippen LogP contribution in [0, 0.1) is 11.8 Å². The fourth-order valence-corrected chi connectivity index (χ4v) is 1.81. The number of carbonyl (C=O) groups excluding carboxylic acids is 2. The van der Waals surface area contributed by atoms with Gasteiger partial charge in [-0.2, -0.15) is 0 Å². The highest BCUT2D eigenvalue weighted by atomic mass is 16.5. The number of nitrogens with one attached hydrogen (secondary N) is 1. The van der Waals surface area contributed by atoms with Crippen LogP contribution in [0.4, 0.5) is 5.82 Å². The molecule has 6 nitrogen and oxygen atoms in total. The number of aromatic nitrogens is 1. The molecule has 0 radical (unpaired) electrons. The number of amides is 2. The predicted molar refractivity (Wildman–Crippen MR) is 76.0 cm³/mol. The maximum Gasteiger partial charge on any atom is 0.245 e. The van der Waals surface area contributed by atoms with Crippen LogP contribution >= 0.6 is 0 Å². The van der Waals surface area contributed by atoms with E-state index in [-0.39, 0.29) is 24.3 Å². The third-order valence-corrected chi connectivity index (χ3v) is 2.56. The lowest BCUT2D eigenvalue weighted by Crippen LogP contribution is -2.40. The Morgan fingerprint density at radius 3 is 2.50 bits per heavy atom. The second kappa shape index (κ2) is 7.67. The highest BCUT2D eigenvalue weighted by Crippen LogP contribution is 2.08. The Bertz CT molecular complexity index is 427. The highest BCUT2D eigenvalue weighted by Gasteiger charge is 2.19. The van der Waals surface area contributed by atoms with Crippen molar-refractivity contribution in [1.29, 1.82) is 0 Å². The van der Waals surface area contributed by atoms with E-state index in [9.17, 15) is 9.59 Å². The minimum Gasteiger partial charge on any atom is -0.363 e. The zero-order valence-electron chi connectivity index (χ0n) is 12.5. The van der Waals surface area contributed by atoms with Gasteiger partial charge < -0.3 is 14.7 Å². The van der Waals surface area contributed by atoms with Gasteiger partial charge in [-0.15, -0.1) is 0 Å². The first kappa shape index (κ1) is 16.2. The van der Waals surface area contributed by atoms with Crippen molar-refractivity contribution in [3.63, 3.8) is 0 Å². The molecule has 0 aromatic carbocycles. The average Bonchev–Trinajstić information content (AvgIpc) is 2.79. The van der Waals surface area contributed by atoms with Crippen molar-refractivity contribution in [2.24, 2.45) is 11.8 Å². The molecule has 0 unspecified atom stereocenters. The molecule has 1 aromatic heterocycles. The van der Waals surface area contributed by atoms with Gasteiger partial charge in [0.15, 0.2) is 5.82 Å². The summed E-state index contributed by atoms with van der Waals surface area (Å²) in [5.74, 6) is 0.679. The molecule has 0 aliphatic heterocycles. The molecule has 0 fully saturated rings. The molecular formula is C14H23N3O3.